The zero-order valence-corrected chi connectivity index (χ0v) is 17.5. The van der Waals surface area contributed by atoms with Gasteiger partial charge in [0.2, 0.25) is 5.91 Å². The van der Waals surface area contributed by atoms with Crippen LogP contribution in [0.25, 0.3) is 32.9 Å². The zero-order chi connectivity index (χ0) is 20.5. The first-order valence-corrected chi connectivity index (χ1v) is 10.8. The Labute approximate surface area is 178 Å². The topological polar surface area (TPSA) is 62.2 Å². The highest BCUT2D eigenvalue weighted by atomic mass is 32.1. The second-order valence-electron chi connectivity index (χ2n) is 7.27. The van der Waals surface area contributed by atoms with Crippen molar-refractivity contribution in [1.82, 2.24) is 19.9 Å². The molecule has 7 heteroatoms. The van der Waals surface area contributed by atoms with E-state index in [1.807, 2.05) is 41.3 Å². The summed E-state index contributed by atoms with van der Waals surface area (Å²) in [6.45, 7) is 4.52. The maximum absolute atomic E-state index is 11.8. The summed E-state index contributed by atoms with van der Waals surface area (Å²) in [6.07, 6.45) is 1.76. The first kappa shape index (κ1) is 18.7. The molecule has 0 atom stereocenters. The van der Waals surface area contributed by atoms with Gasteiger partial charge in [0.15, 0.2) is 5.82 Å². The fourth-order valence-electron chi connectivity index (χ4n) is 3.83. The van der Waals surface area contributed by atoms with Gasteiger partial charge in [0, 0.05) is 50.2 Å². The molecule has 30 heavy (non-hydrogen) atoms. The second kappa shape index (κ2) is 7.84. The maximum atomic E-state index is 11.8. The Balaban J connectivity index is 1.65. The predicted octanol–water partition coefficient (Wildman–Crippen LogP) is 4.09. The SMILES string of the molecule is CC(=O)N1CCN(c2nc(-c3ccccn3)nc3scc(-c4ccccc4)c23)CC1. The summed E-state index contributed by atoms with van der Waals surface area (Å²) in [7, 11) is 0. The average molecular weight is 416 g/mol. The smallest absolute Gasteiger partial charge is 0.219 e. The summed E-state index contributed by atoms with van der Waals surface area (Å²) < 4.78 is 0. The van der Waals surface area contributed by atoms with Gasteiger partial charge in [-0.3, -0.25) is 9.78 Å². The average Bonchev–Trinajstić information content (AvgIpc) is 3.24. The lowest BCUT2D eigenvalue weighted by molar-refractivity contribution is -0.129. The number of aromatic nitrogens is 3. The van der Waals surface area contributed by atoms with Gasteiger partial charge in [0.25, 0.3) is 0 Å². The number of pyridine rings is 1. The van der Waals surface area contributed by atoms with Crippen LogP contribution in [0.2, 0.25) is 0 Å². The minimum Gasteiger partial charge on any atom is -0.352 e. The molecule has 0 aliphatic carbocycles. The van der Waals surface area contributed by atoms with Crippen LogP contribution in [0, 0.1) is 0 Å². The van der Waals surface area contributed by atoms with Crippen molar-refractivity contribution in [1.29, 1.82) is 0 Å². The zero-order valence-electron chi connectivity index (χ0n) is 16.7. The number of hydrogen-bond donors (Lipinski definition) is 0. The van der Waals surface area contributed by atoms with Crippen molar-refractivity contribution in [2.24, 2.45) is 0 Å². The standard InChI is InChI=1S/C23H21N5OS/c1-16(29)27-11-13-28(14-12-27)22-20-18(17-7-3-2-4-8-17)15-30-23(20)26-21(25-22)19-9-5-6-10-24-19/h2-10,15H,11-14H2,1H3. The molecule has 0 radical (unpaired) electrons. The lowest BCUT2D eigenvalue weighted by atomic mass is 10.1. The molecule has 3 aromatic heterocycles. The molecular formula is C23H21N5OS. The van der Waals surface area contributed by atoms with E-state index >= 15 is 0 Å². The van der Waals surface area contributed by atoms with Gasteiger partial charge < -0.3 is 9.80 Å². The predicted molar refractivity (Wildman–Crippen MR) is 121 cm³/mol. The number of amides is 1. The first-order chi connectivity index (χ1) is 14.7. The summed E-state index contributed by atoms with van der Waals surface area (Å²) >= 11 is 1.63. The Bertz CT molecular complexity index is 1180. The van der Waals surface area contributed by atoms with E-state index < -0.39 is 0 Å². The van der Waals surface area contributed by atoms with Crippen LogP contribution in [0.1, 0.15) is 6.92 Å². The number of carbonyl (C=O) groups excluding carboxylic acids is 1. The number of anilines is 1. The summed E-state index contributed by atoms with van der Waals surface area (Å²) in [6, 6.07) is 16.1. The van der Waals surface area contributed by atoms with Gasteiger partial charge in [-0.05, 0) is 17.7 Å². The lowest BCUT2D eigenvalue weighted by Crippen LogP contribution is -2.48. The van der Waals surface area contributed by atoms with E-state index in [9.17, 15) is 4.79 Å². The number of hydrogen-bond acceptors (Lipinski definition) is 6. The highest BCUT2D eigenvalue weighted by Gasteiger charge is 2.25. The molecule has 150 valence electrons. The van der Waals surface area contributed by atoms with Crippen molar-refractivity contribution < 1.29 is 4.79 Å². The van der Waals surface area contributed by atoms with Crippen LogP contribution in [0.4, 0.5) is 5.82 Å². The summed E-state index contributed by atoms with van der Waals surface area (Å²) in [5.41, 5.74) is 3.06. The molecule has 1 aromatic carbocycles. The van der Waals surface area contributed by atoms with Gasteiger partial charge >= 0.3 is 0 Å². The van der Waals surface area contributed by atoms with Crippen molar-refractivity contribution in [2.75, 3.05) is 31.1 Å². The summed E-state index contributed by atoms with van der Waals surface area (Å²) in [5, 5.41) is 3.23. The molecular weight excluding hydrogens is 394 g/mol. The summed E-state index contributed by atoms with van der Waals surface area (Å²) in [5.74, 6) is 1.68. The lowest BCUT2D eigenvalue weighted by Gasteiger charge is -2.35. The first-order valence-electron chi connectivity index (χ1n) is 9.97. The van der Waals surface area contributed by atoms with Crippen LogP contribution in [0.15, 0.2) is 60.1 Å². The Morgan fingerprint density at radius 3 is 2.43 bits per heavy atom. The Kier molecular flexibility index (Phi) is 4.88. The van der Waals surface area contributed by atoms with E-state index in [2.05, 4.69) is 27.4 Å². The van der Waals surface area contributed by atoms with Crippen molar-refractivity contribution in [2.45, 2.75) is 6.92 Å². The fraction of sp³-hybridized carbons (Fsp3) is 0.217. The largest absolute Gasteiger partial charge is 0.352 e. The molecule has 0 saturated carbocycles. The third-order valence-electron chi connectivity index (χ3n) is 5.42. The van der Waals surface area contributed by atoms with Gasteiger partial charge in [-0.15, -0.1) is 11.3 Å². The van der Waals surface area contributed by atoms with E-state index in [1.165, 1.54) is 0 Å². The highest BCUT2D eigenvalue weighted by molar-refractivity contribution is 7.17. The van der Waals surface area contributed by atoms with E-state index in [0.717, 1.165) is 45.9 Å². The van der Waals surface area contributed by atoms with Crippen molar-refractivity contribution >= 4 is 33.3 Å². The van der Waals surface area contributed by atoms with Crippen molar-refractivity contribution in [3.8, 4) is 22.6 Å². The number of carbonyl (C=O) groups is 1. The normalized spacial score (nSPS) is 14.3. The molecule has 1 saturated heterocycles. The fourth-order valence-corrected chi connectivity index (χ4v) is 4.77. The molecule has 0 bridgehead atoms. The van der Waals surface area contributed by atoms with Gasteiger partial charge in [0.05, 0.1) is 5.39 Å². The molecule has 4 heterocycles. The van der Waals surface area contributed by atoms with Crippen LogP contribution in [-0.2, 0) is 4.79 Å². The molecule has 4 aromatic rings. The number of rotatable bonds is 3. The molecule has 0 unspecified atom stereocenters. The molecule has 0 N–H and O–H groups in total. The summed E-state index contributed by atoms with van der Waals surface area (Å²) in [4.78, 5) is 31.2. The number of piperazine rings is 1. The van der Waals surface area contributed by atoms with Crippen molar-refractivity contribution in [3.05, 3.63) is 60.1 Å². The van der Waals surface area contributed by atoms with E-state index in [0.29, 0.717) is 18.9 Å². The molecule has 1 aliphatic rings. The number of nitrogens with zero attached hydrogens (tertiary/aromatic N) is 5. The highest BCUT2D eigenvalue weighted by Crippen LogP contribution is 2.39. The van der Waals surface area contributed by atoms with E-state index in [4.69, 9.17) is 9.97 Å². The minimum absolute atomic E-state index is 0.122. The van der Waals surface area contributed by atoms with E-state index in [1.54, 1.807) is 24.5 Å². The minimum atomic E-state index is 0.122. The number of fused-ring (bicyclic) bond motifs is 1. The molecule has 1 fully saturated rings. The Hall–Kier alpha value is -3.32. The van der Waals surface area contributed by atoms with Crippen molar-refractivity contribution in [3.63, 3.8) is 0 Å². The van der Waals surface area contributed by atoms with Gasteiger partial charge in [-0.25, -0.2) is 9.97 Å². The number of benzene rings is 1. The van der Waals surface area contributed by atoms with Crippen LogP contribution in [-0.4, -0.2) is 51.9 Å². The molecule has 0 spiro atoms. The quantitative estimate of drug-likeness (QED) is 0.504. The van der Waals surface area contributed by atoms with Crippen LogP contribution in [0.3, 0.4) is 0 Å². The Morgan fingerprint density at radius 2 is 1.73 bits per heavy atom. The van der Waals surface area contributed by atoms with Gasteiger partial charge in [-0.1, -0.05) is 36.4 Å². The van der Waals surface area contributed by atoms with Crippen LogP contribution in [0.5, 0.6) is 0 Å². The molecule has 6 nitrogen and oxygen atoms in total. The Morgan fingerprint density at radius 1 is 0.967 bits per heavy atom. The number of thiophene rings is 1. The second-order valence-corrected chi connectivity index (χ2v) is 8.13. The van der Waals surface area contributed by atoms with Gasteiger partial charge in [0.1, 0.15) is 16.3 Å². The van der Waals surface area contributed by atoms with Gasteiger partial charge in [-0.2, -0.15) is 0 Å². The van der Waals surface area contributed by atoms with Crippen LogP contribution < -0.4 is 4.90 Å². The third kappa shape index (κ3) is 3.41. The third-order valence-corrected chi connectivity index (χ3v) is 6.29. The molecule has 1 aliphatic heterocycles. The van der Waals surface area contributed by atoms with Crippen LogP contribution >= 0.6 is 11.3 Å². The van der Waals surface area contributed by atoms with E-state index in [-0.39, 0.29) is 5.91 Å². The monoisotopic (exact) mass is 415 g/mol. The molecule has 1 amide bonds. The molecule has 5 rings (SSSR count). The maximum Gasteiger partial charge on any atom is 0.219 e.